The van der Waals surface area contributed by atoms with Gasteiger partial charge in [-0.2, -0.15) is 5.10 Å². The molecule has 8 heteroatoms. The van der Waals surface area contributed by atoms with Gasteiger partial charge in [0.1, 0.15) is 11.0 Å². The van der Waals surface area contributed by atoms with Gasteiger partial charge in [-0.15, -0.1) is 5.10 Å². The molecule has 1 fully saturated rings. The number of nitrogens with zero attached hydrogens (tertiary/aromatic N) is 2. The molecular weight excluding hydrogens is 330 g/mol. The third kappa shape index (κ3) is 5.09. The van der Waals surface area contributed by atoms with Crippen molar-refractivity contribution in [1.82, 2.24) is 5.32 Å². The molecule has 128 valence electrons. The molecule has 1 saturated heterocycles. The predicted molar refractivity (Wildman–Crippen MR) is 93.6 cm³/mol. The number of carbonyl (C=O) groups is 2. The van der Waals surface area contributed by atoms with Crippen molar-refractivity contribution in [2.75, 3.05) is 0 Å². The minimum atomic E-state index is -1.02. The first-order valence-corrected chi connectivity index (χ1v) is 8.31. The Hall–Kier alpha value is -2.35. The number of hydrogen-bond acceptors (Lipinski definition) is 6. The summed E-state index contributed by atoms with van der Waals surface area (Å²) in [5.74, 6) is -0.598. The van der Waals surface area contributed by atoms with Crippen molar-refractivity contribution in [2.45, 2.75) is 38.5 Å². The molecule has 0 unspecified atom stereocenters. The van der Waals surface area contributed by atoms with E-state index in [4.69, 9.17) is 9.84 Å². The molecule has 1 aromatic carbocycles. The molecule has 7 nitrogen and oxygen atoms in total. The molecule has 1 atom stereocenters. The highest BCUT2D eigenvalue weighted by Crippen LogP contribution is 2.22. The fraction of sp³-hybridized carbons (Fsp3) is 0.375. The number of carbonyl (C=O) groups excluding carboxylic acids is 1. The molecule has 2 rings (SSSR count). The van der Waals surface area contributed by atoms with Gasteiger partial charge in [-0.1, -0.05) is 11.8 Å². The van der Waals surface area contributed by atoms with Gasteiger partial charge in [-0.05, 0) is 50.6 Å². The Morgan fingerprint density at radius 2 is 2.04 bits per heavy atom. The minimum Gasteiger partial charge on any atom is -0.491 e. The Balaban J connectivity index is 2.03. The minimum absolute atomic E-state index is 0.110. The Morgan fingerprint density at radius 3 is 2.62 bits per heavy atom. The number of nitrogens with one attached hydrogen (secondary N) is 1. The number of thioether (sulfide) groups is 1. The number of benzene rings is 1. The van der Waals surface area contributed by atoms with E-state index < -0.39 is 11.2 Å². The second kappa shape index (κ2) is 7.96. The van der Waals surface area contributed by atoms with Crippen LogP contribution in [0.1, 0.15) is 32.8 Å². The number of amides is 1. The van der Waals surface area contributed by atoms with Crippen LogP contribution in [0.4, 0.5) is 0 Å². The fourth-order valence-electron chi connectivity index (χ4n) is 1.97. The van der Waals surface area contributed by atoms with Crippen LogP contribution in [-0.4, -0.2) is 39.2 Å². The van der Waals surface area contributed by atoms with Gasteiger partial charge in [0.2, 0.25) is 5.91 Å². The topological polar surface area (TPSA) is 100 Å². The van der Waals surface area contributed by atoms with Crippen molar-refractivity contribution in [3.63, 3.8) is 0 Å². The standard InChI is InChI=1S/C16H19N3O4S/c1-9(2)23-12-6-4-11(5-7-12)10(3)18-19-16-17-15(22)13(24-16)8-14(20)21/h4-7,9,13H,8H2,1-3H3,(H,20,21)(H,17,19,22)/b18-10+/t13-/m0/s1. The molecule has 1 amide bonds. The van der Waals surface area contributed by atoms with E-state index >= 15 is 0 Å². The summed E-state index contributed by atoms with van der Waals surface area (Å²) in [7, 11) is 0. The largest absolute Gasteiger partial charge is 0.491 e. The van der Waals surface area contributed by atoms with Gasteiger partial charge in [0, 0.05) is 0 Å². The van der Waals surface area contributed by atoms with E-state index in [0.29, 0.717) is 10.9 Å². The quantitative estimate of drug-likeness (QED) is 0.606. The third-order valence-corrected chi connectivity index (χ3v) is 4.14. The smallest absolute Gasteiger partial charge is 0.305 e. The number of aliphatic carboxylic acids is 1. The van der Waals surface area contributed by atoms with Crippen LogP contribution in [0.3, 0.4) is 0 Å². The number of ether oxygens (including phenoxy) is 1. The lowest BCUT2D eigenvalue weighted by atomic mass is 10.1. The Kier molecular flexibility index (Phi) is 5.97. The van der Waals surface area contributed by atoms with E-state index in [9.17, 15) is 9.59 Å². The van der Waals surface area contributed by atoms with E-state index in [1.807, 2.05) is 38.1 Å². The Labute approximate surface area is 144 Å². The average molecular weight is 349 g/mol. The molecule has 0 saturated carbocycles. The molecule has 0 radical (unpaired) electrons. The molecule has 2 N–H and O–H groups in total. The summed E-state index contributed by atoms with van der Waals surface area (Å²) >= 11 is 1.07. The van der Waals surface area contributed by atoms with Crippen LogP contribution in [0.2, 0.25) is 0 Å². The first kappa shape index (κ1) is 18.0. The SMILES string of the molecule is C/C(=N\N=C1\NC(=O)[C@H](CC(=O)O)S1)c1ccc(OC(C)C)cc1. The van der Waals surface area contributed by atoms with Gasteiger partial charge in [-0.25, -0.2) is 0 Å². The molecule has 1 aliphatic rings. The molecule has 0 bridgehead atoms. The van der Waals surface area contributed by atoms with Crippen molar-refractivity contribution < 1.29 is 19.4 Å². The van der Waals surface area contributed by atoms with Crippen LogP contribution in [0, 0.1) is 0 Å². The molecule has 0 aliphatic carbocycles. The zero-order chi connectivity index (χ0) is 17.7. The summed E-state index contributed by atoms with van der Waals surface area (Å²) in [4.78, 5) is 22.3. The normalized spacial score (nSPS) is 19.7. The summed E-state index contributed by atoms with van der Waals surface area (Å²) in [5, 5.41) is 19.0. The van der Waals surface area contributed by atoms with E-state index in [0.717, 1.165) is 23.1 Å². The maximum atomic E-state index is 11.6. The summed E-state index contributed by atoms with van der Waals surface area (Å²) in [5.41, 5.74) is 1.56. The second-order valence-corrected chi connectivity index (χ2v) is 6.67. The van der Waals surface area contributed by atoms with E-state index in [1.54, 1.807) is 6.92 Å². The first-order chi connectivity index (χ1) is 11.3. The molecule has 0 aromatic heterocycles. The monoisotopic (exact) mass is 349 g/mol. The van der Waals surface area contributed by atoms with Crippen LogP contribution in [0.15, 0.2) is 34.5 Å². The zero-order valence-corrected chi connectivity index (χ0v) is 14.5. The van der Waals surface area contributed by atoms with Crippen molar-refractivity contribution in [3.05, 3.63) is 29.8 Å². The Bertz CT molecular complexity index is 683. The van der Waals surface area contributed by atoms with E-state index in [2.05, 4.69) is 15.5 Å². The number of rotatable bonds is 6. The summed E-state index contributed by atoms with van der Waals surface area (Å²) in [6.45, 7) is 5.72. The highest BCUT2D eigenvalue weighted by Gasteiger charge is 2.32. The summed E-state index contributed by atoms with van der Waals surface area (Å²) < 4.78 is 5.58. The average Bonchev–Trinajstić information content (AvgIpc) is 2.84. The highest BCUT2D eigenvalue weighted by atomic mass is 32.2. The summed E-state index contributed by atoms with van der Waals surface area (Å²) in [6, 6.07) is 7.47. The summed E-state index contributed by atoms with van der Waals surface area (Å²) in [6.07, 6.45) is -0.131. The van der Waals surface area contributed by atoms with Crippen molar-refractivity contribution in [1.29, 1.82) is 0 Å². The maximum Gasteiger partial charge on any atom is 0.305 e. The van der Waals surface area contributed by atoms with Crippen molar-refractivity contribution in [3.8, 4) is 5.75 Å². The van der Waals surface area contributed by atoms with Gasteiger partial charge in [0.15, 0.2) is 5.17 Å². The molecular formula is C16H19N3O4S. The van der Waals surface area contributed by atoms with Crippen molar-refractivity contribution >= 4 is 34.5 Å². The van der Waals surface area contributed by atoms with Crippen LogP contribution in [-0.2, 0) is 9.59 Å². The van der Waals surface area contributed by atoms with Crippen LogP contribution < -0.4 is 10.1 Å². The molecule has 1 heterocycles. The van der Waals surface area contributed by atoms with E-state index in [-0.39, 0.29) is 18.4 Å². The first-order valence-electron chi connectivity index (χ1n) is 7.44. The molecule has 24 heavy (non-hydrogen) atoms. The lowest BCUT2D eigenvalue weighted by molar-refractivity contribution is -0.138. The molecule has 1 aromatic rings. The van der Waals surface area contributed by atoms with Gasteiger partial charge in [0.25, 0.3) is 0 Å². The highest BCUT2D eigenvalue weighted by molar-refractivity contribution is 8.15. The molecule has 1 aliphatic heterocycles. The second-order valence-electron chi connectivity index (χ2n) is 5.48. The predicted octanol–water partition coefficient (Wildman–Crippen LogP) is 2.26. The van der Waals surface area contributed by atoms with Crippen LogP contribution >= 0.6 is 11.8 Å². The number of carboxylic acid groups (broad SMARTS) is 1. The zero-order valence-electron chi connectivity index (χ0n) is 13.6. The van der Waals surface area contributed by atoms with Gasteiger partial charge < -0.3 is 15.2 Å². The Morgan fingerprint density at radius 1 is 1.38 bits per heavy atom. The number of amidine groups is 1. The fourth-order valence-corrected chi connectivity index (χ4v) is 2.88. The van der Waals surface area contributed by atoms with Crippen LogP contribution in [0.5, 0.6) is 5.75 Å². The lowest BCUT2D eigenvalue weighted by Crippen LogP contribution is -2.26. The third-order valence-electron chi connectivity index (χ3n) is 3.07. The number of carboxylic acids is 1. The number of hydrogen-bond donors (Lipinski definition) is 2. The van der Waals surface area contributed by atoms with Crippen molar-refractivity contribution in [2.24, 2.45) is 10.2 Å². The van der Waals surface area contributed by atoms with E-state index in [1.165, 1.54) is 0 Å². The van der Waals surface area contributed by atoms with Gasteiger partial charge >= 0.3 is 5.97 Å². The maximum absolute atomic E-state index is 11.6. The van der Waals surface area contributed by atoms with Gasteiger partial charge in [-0.3, -0.25) is 9.59 Å². The molecule has 0 spiro atoms. The van der Waals surface area contributed by atoms with Gasteiger partial charge in [0.05, 0.1) is 18.2 Å². The van der Waals surface area contributed by atoms with Crippen LogP contribution in [0.25, 0.3) is 0 Å². The lowest BCUT2D eigenvalue weighted by Gasteiger charge is -2.09.